The number of carboxylic acid groups (broad SMARTS) is 1. The second-order valence-corrected chi connectivity index (χ2v) is 5.32. The number of rotatable bonds is 4. The highest BCUT2D eigenvalue weighted by atomic mass is 16.5. The highest BCUT2D eigenvalue weighted by Gasteiger charge is 2.38. The molecule has 0 bridgehead atoms. The number of carboxylic acids is 1. The number of aliphatic hydroxyl groups excluding tert-OH is 1. The first-order chi connectivity index (χ1) is 9.08. The molecule has 0 radical (unpaired) electrons. The van der Waals surface area contributed by atoms with E-state index >= 15 is 0 Å². The summed E-state index contributed by atoms with van der Waals surface area (Å²) in [4.78, 5) is 24.4. The Kier molecular flexibility index (Phi) is 4.76. The third-order valence-electron chi connectivity index (χ3n) is 3.84. The van der Waals surface area contributed by atoms with Crippen LogP contribution in [0.15, 0.2) is 0 Å². The van der Waals surface area contributed by atoms with E-state index in [1.54, 1.807) is 0 Å². The van der Waals surface area contributed by atoms with E-state index in [0.29, 0.717) is 12.8 Å². The number of likely N-dealkylation sites (tertiary alicyclic amines) is 1. The van der Waals surface area contributed by atoms with Gasteiger partial charge in [-0.15, -0.1) is 0 Å². The van der Waals surface area contributed by atoms with Crippen LogP contribution in [0.25, 0.3) is 0 Å². The highest BCUT2D eigenvalue weighted by molar-refractivity contribution is 5.84. The van der Waals surface area contributed by atoms with Crippen LogP contribution in [0.5, 0.6) is 0 Å². The third-order valence-corrected chi connectivity index (χ3v) is 3.84. The number of ether oxygens (including phenoxy) is 1. The number of amides is 1. The van der Waals surface area contributed by atoms with Crippen molar-refractivity contribution in [3.63, 3.8) is 0 Å². The van der Waals surface area contributed by atoms with E-state index in [1.165, 1.54) is 4.90 Å². The molecule has 1 amide bonds. The molecule has 108 valence electrons. The normalized spacial score (nSPS) is 31.4. The lowest BCUT2D eigenvalue weighted by molar-refractivity contribution is -0.148. The molecule has 6 nitrogen and oxygen atoms in total. The molecule has 0 spiro atoms. The predicted octanol–water partition coefficient (Wildman–Crippen LogP) is 0.382. The van der Waals surface area contributed by atoms with Gasteiger partial charge < -0.3 is 19.8 Å². The summed E-state index contributed by atoms with van der Waals surface area (Å²) in [6.45, 7) is 0.875. The van der Waals surface area contributed by atoms with Crippen molar-refractivity contribution < 1.29 is 24.5 Å². The second kappa shape index (κ2) is 6.34. The van der Waals surface area contributed by atoms with Crippen LogP contribution in [-0.4, -0.2) is 58.4 Å². The van der Waals surface area contributed by atoms with Crippen molar-refractivity contribution >= 4 is 11.9 Å². The number of nitrogens with zero attached hydrogens (tertiary/aromatic N) is 1. The maximum Gasteiger partial charge on any atom is 0.326 e. The largest absolute Gasteiger partial charge is 0.480 e. The van der Waals surface area contributed by atoms with Crippen molar-refractivity contribution in [1.29, 1.82) is 0 Å². The molecule has 2 rings (SSSR count). The van der Waals surface area contributed by atoms with Gasteiger partial charge in [-0.2, -0.15) is 0 Å². The number of carbonyl (C=O) groups is 2. The number of carbonyl (C=O) groups excluding carboxylic acids is 1. The van der Waals surface area contributed by atoms with E-state index in [2.05, 4.69) is 0 Å². The summed E-state index contributed by atoms with van der Waals surface area (Å²) < 4.78 is 5.55. The zero-order valence-electron chi connectivity index (χ0n) is 11.0. The van der Waals surface area contributed by atoms with Crippen LogP contribution in [0.4, 0.5) is 0 Å². The SMILES string of the molecule is O=C(O)[C@@H]1CC(O)CN1C(=O)CCC1CCCCO1. The summed E-state index contributed by atoms with van der Waals surface area (Å²) in [7, 11) is 0. The van der Waals surface area contributed by atoms with Crippen molar-refractivity contribution in [2.45, 2.75) is 56.8 Å². The first-order valence-electron chi connectivity index (χ1n) is 6.90. The van der Waals surface area contributed by atoms with Gasteiger partial charge in [0.15, 0.2) is 0 Å². The maximum absolute atomic E-state index is 12.0. The van der Waals surface area contributed by atoms with Crippen LogP contribution in [0.3, 0.4) is 0 Å². The topological polar surface area (TPSA) is 87.1 Å². The molecule has 2 aliphatic rings. The molecule has 0 saturated carbocycles. The average molecular weight is 271 g/mol. The highest BCUT2D eigenvalue weighted by Crippen LogP contribution is 2.22. The zero-order valence-corrected chi connectivity index (χ0v) is 11.0. The van der Waals surface area contributed by atoms with Gasteiger partial charge in [-0.1, -0.05) is 0 Å². The molecule has 19 heavy (non-hydrogen) atoms. The lowest BCUT2D eigenvalue weighted by atomic mass is 10.0. The molecule has 2 N–H and O–H groups in total. The van der Waals surface area contributed by atoms with Gasteiger partial charge in [0.05, 0.1) is 12.2 Å². The minimum absolute atomic E-state index is 0.119. The summed E-state index contributed by atoms with van der Waals surface area (Å²) in [5.74, 6) is -1.24. The Morgan fingerprint density at radius 3 is 2.74 bits per heavy atom. The van der Waals surface area contributed by atoms with E-state index in [-0.39, 0.29) is 25.0 Å². The van der Waals surface area contributed by atoms with Gasteiger partial charge in [0, 0.05) is 26.0 Å². The van der Waals surface area contributed by atoms with E-state index < -0.39 is 18.1 Å². The van der Waals surface area contributed by atoms with E-state index in [9.17, 15) is 14.7 Å². The zero-order chi connectivity index (χ0) is 13.8. The standard InChI is InChI=1S/C13H21NO5/c15-9-7-11(13(17)18)14(8-9)12(16)5-4-10-3-1-2-6-19-10/h9-11,15H,1-8H2,(H,17,18)/t9?,10?,11-/m0/s1. The van der Waals surface area contributed by atoms with Crippen LogP contribution < -0.4 is 0 Å². The first-order valence-corrected chi connectivity index (χ1v) is 6.90. The Balaban J connectivity index is 1.82. The lowest BCUT2D eigenvalue weighted by Crippen LogP contribution is -2.40. The van der Waals surface area contributed by atoms with Crippen molar-refractivity contribution in [1.82, 2.24) is 4.90 Å². The summed E-state index contributed by atoms with van der Waals surface area (Å²) in [6.07, 6.45) is 3.62. The molecule has 0 aromatic heterocycles. The molecule has 2 fully saturated rings. The summed E-state index contributed by atoms with van der Waals surface area (Å²) >= 11 is 0. The summed E-state index contributed by atoms with van der Waals surface area (Å²) in [6, 6.07) is -0.880. The van der Waals surface area contributed by atoms with Crippen LogP contribution in [0, 0.1) is 0 Å². The number of aliphatic carboxylic acids is 1. The Morgan fingerprint density at radius 2 is 2.11 bits per heavy atom. The maximum atomic E-state index is 12.0. The van der Waals surface area contributed by atoms with Gasteiger partial charge in [0.25, 0.3) is 0 Å². The van der Waals surface area contributed by atoms with Crippen molar-refractivity contribution in [3.8, 4) is 0 Å². The molecule has 2 saturated heterocycles. The van der Waals surface area contributed by atoms with Crippen LogP contribution >= 0.6 is 0 Å². The fraction of sp³-hybridized carbons (Fsp3) is 0.846. The van der Waals surface area contributed by atoms with Crippen molar-refractivity contribution in [2.75, 3.05) is 13.2 Å². The number of hydrogen-bond acceptors (Lipinski definition) is 4. The van der Waals surface area contributed by atoms with E-state index in [1.807, 2.05) is 0 Å². The Bertz CT molecular complexity index is 340. The quantitative estimate of drug-likeness (QED) is 0.772. The number of hydrogen-bond donors (Lipinski definition) is 2. The summed E-state index contributed by atoms with van der Waals surface area (Å²) in [5, 5.41) is 18.5. The Labute approximate surface area is 112 Å². The minimum atomic E-state index is -1.04. The molecule has 6 heteroatoms. The second-order valence-electron chi connectivity index (χ2n) is 5.32. The Morgan fingerprint density at radius 1 is 1.32 bits per heavy atom. The van der Waals surface area contributed by atoms with Crippen molar-refractivity contribution in [3.05, 3.63) is 0 Å². The monoisotopic (exact) mass is 271 g/mol. The fourth-order valence-electron chi connectivity index (χ4n) is 2.79. The molecular weight excluding hydrogens is 250 g/mol. The van der Waals surface area contributed by atoms with Gasteiger partial charge in [0.1, 0.15) is 6.04 Å². The lowest BCUT2D eigenvalue weighted by Gasteiger charge is -2.25. The van der Waals surface area contributed by atoms with Gasteiger partial charge >= 0.3 is 5.97 Å². The van der Waals surface area contributed by atoms with Gasteiger partial charge in [-0.3, -0.25) is 4.79 Å². The fourth-order valence-corrected chi connectivity index (χ4v) is 2.79. The third kappa shape index (κ3) is 3.67. The molecule has 2 aliphatic heterocycles. The Hall–Kier alpha value is -1.14. The van der Waals surface area contributed by atoms with Gasteiger partial charge in [-0.25, -0.2) is 4.79 Å². The number of β-amino-alcohol motifs (C(OH)–C–C–N with tert-alkyl or cyclic N) is 1. The predicted molar refractivity (Wildman–Crippen MR) is 66.6 cm³/mol. The van der Waals surface area contributed by atoms with Crippen LogP contribution in [-0.2, 0) is 14.3 Å². The molecule has 3 atom stereocenters. The van der Waals surface area contributed by atoms with Gasteiger partial charge in [0.2, 0.25) is 5.91 Å². The van der Waals surface area contributed by atoms with E-state index in [0.717, 1.165) is 25.9 Å². The van der Waals surface area contributed by atoms with Crippen LogP contribution in [0.1, 0.15) is 38.5 Å². The molecule has 0 aliphatic carbocycles. The molecule has 2 unspecified atom stereocenters. The molecule has 0 aromatic carbocycles. The molecule has 0 aromatic rings. The molecule has 2 heterocycles. The summed E-state index contributed by atoms with van der Waals surface area (Å²) in [5.41, 5.74) is 0. The van der Waals surface area contributed by atoms with Crippen LogP contribution in [0.2, 0.25) is 0 Å². The average Bonchev–Trinajstić information content (AvgIpc) is 2.79. The molecular formula is C13H21NO5. The van der Waals surface area contributed by atoms with E-state index in [4.69, 9.17) is 9.84 Å². The van der Waals surface area contributed by atoms with Gasteiger partial charge in [-0.05, 0) is 25.7 Å². The first kappa shape index (κ1) is 14.3. The smallest absolute Gasteiger partial charge is 0.326 e. The van der Waals surface area contributed by atoms with Crippen molar-refractivity contribution in [2.24, 2.45) is 0 Å². The number of aliphatic hydroxyl groups is 1. The minimum Gasteiger partial charge on any atom is -0.480 e.